The number of rotatable bonds is 3. The van der Waals surface area contributed by atoms with Crippen molar-refractivity contribution in [1.29, 1.82) is 0 Å². The van der Waals surface area contributed by atoms with E-state index in [-0.39, 0.29) is 6.10 Å². The first kappa shape index (κ1) is 10.5. The van der Waals surface area contributed by atoms with E-state index in [9.17, 15) is 0 Å². The van der Waals surface area contributed by atoms with Gasteiger partial charge >= 0.3 is 0 Å². The molecule has 0 fully saturated rings. The number of aromatic nitrogens is 1. The van der Waals surface area contributed by atoms with Crippen LogP contribution in [0.3, 0.4) is 0 Å². The van der Waals surface area contributed by atoms with Crippen LogP contribution >= 0.6 is 0 Å². The molecule has 0 unspecified atom stereocenters. The van der Waals surface area contributed by atoms with Crippen molar-refractivity contribution in [3.05, 3.63) is 41.8 Å². The highest BCUT2D eigenvalue weighted by Crippen LogP contribution is 2.36. The molecule has 0 saturated heterocycles. The maximum absolute atomic E-state index is 5.79. The molecule has 1 aliphatic heterocycles. The molecule has 3 rings (SSSR count). The molecule has 1 N–H and O–H groups in total. The number of nitrogens with one attached hydrogen (secondary N) is 1. The van der Waals surface area contributed by atoms with Crippen molar-refractivity contribution >= 4 is 0 Å². The normalized spacial score (nSPS) is 18.3. The lowest BCUT2D eigenvalue weighted by atomic mass is 9.97. The molecule has 0 amide bonds. The van der Waals surface area contributed by atoms with Gasteiger partial charge in [-0.15, -0.1) is 0 Å². The minimum Gasteiger partial charge on any atom is -0.367 e. The van der Waals surface area contributed by atoms with E-state index in [1.54, 1.807) is 12.5 Å². The van der Waals surface area contributed by atoms with Crippen LogP contribution in [0.1, 0.15) is 17.2 Å². The van der Waals surface area contributed by atoms with Gasteiger partial charge in [0.25, 0.3) is 0 Å². The largest absolute Gasteiger partial charge is 0.367 e. The van der Waals surface area contributed by atoms with Gasteiger partial charge in [0.05, 0.1) is 18.9 Å². The highest BCUT2D eigenvalue weighted by molar-refractivity contribution is 5.67. The Hall–Kier alpha value is -1.65. The Morgan fingerprint density at radius 3 is 3.18 bits per heavy atom. The Morgan fingerprint density at radius 1 is 1.47 bits per heavy atom. The predicted octanol–water partition coefficient (Wildman–Crippen LogP) is 2.13. The van der Waals surface area contributed by atoms with E-state index in [1.807, 2.05) is 7.05 Å². The van der Waals surface area contributed by atoms with Gasteiger partial charge in [0, 0.05) is 12.1 Å². The minimum absolute atomic E-state index is 0.148. The summed E-state index contributed by atoms with van der Waals surface area (Å²) in [5, 5.41) is 6.90. The summed E-state index contributed by atoms with van der Waals surface area (Å²) < 4.78 is 10.7. The third-order valence-electron chi connectivity index (χ3n) is 3.12. The zero-order chi connectivity index (χ0) is 11.7. The summed E-state index contributed by atoms with van der Waals surface area (Å²) in [4.78, 5) is 0. The van der Waals surface area contributed by atoms with Crippen LogP contribution in [0.4, 0.5) is 0 Å². The molecule has 1 aromatic heterocycles. The summed E-state index contributed by atoms with van der Waals surface area (Å²) >= 11 is 0. The fourth-order valence-corrected chi connectivity index (χ4v) is 2.30. The monoisotopic (exact) mass is 230 g/mol. The van der Waals surface area contributed by atoms with Gasteiger partial charge in [-0.2, -0.15) is 0 Å². The molecule has 2 aromatic rings. The van der Waals surface area contributed by atoms with Crippen LogP contribution in [0.25, 0.3) is 11.1 Å². The molecule has 17 heavy (non-hydrogen) atoms. The van der Waals surface area contributed by atoms with E-state index >= 15 is 0 Å². The molecule has 0 saturated carbocycles. The second-order valence-electron chi connectivity index (χ2n) is 4.14. The number of likely N-dealkylation sites (N-methyl/N-ethyl adjacent to an activating group) is 1. The first-order valence-corrected chi connectivity index (χ1v) is 5.68. The first-order chi connectivity index (χ1) is 8.40. The molecule has 1 aliphatic rings. The Bertz CT molecular complexity index is 508. The van der Waals surface area contributed by atoms with Gasteiger partial charge in [0.15, 0.2) is 0 Å². The van der Waals surface area contributed by atoms with Crippen LogP contribution in [0, 0.1) is 0 Å². The zero-order valence-corrected chi connectivity index (χ0v) is 9.64. The van der Waals surface area contributed by atoms with Crippen molar-refractivity contribution in [2.24, 2.45) is 0 Å². The van der Waals surface area contributed by atoms with E-state index in [4.69, 9.17) is 9.26 Å². The maximum Gasteiger partial charge on any atom is 0.131 e. The third-order valence-corrected chi connectivity index (χ3v) is 3.12. The third kappa shape index (κ3) is 1.75. The van der Waals surface area contributed by atoms with Gasteiger partial charge in [-0.25, -0.2) is 0 Å². The molecular weight excluding hydrogens is 216 g/mol. The van der Waals surface area contributed by atoms with E-state index in [0.717, 1.165) is 17.7 Å². The highest BCUT2D eigenvalue weighted by atomic mass is 16.5. The Kier molecular flexibility index (Phi) is 2.66. The van der Waals surface area contributed by atoms with E-state index < -0.39 is 0 Å². The van der Waals surface area contributed by atoms with E-state index in [1.165, 1.54) is 11.1 Å². The van der Waals surface area contributed by atoms with Crippen LogP contribution in [-0.4, -0.2) is 18.7 Å². The smallest absolute Gasteiger partial charge is 0.131 e. The Balaban J connectivity index is 2.04. The summed E-state index contributed by atoms with van der Waals surface area (Å²) in [6.07, 6.45) is 3.55. The molecule has 0 bridgehead atoms. The standard InChI is InChI=1S/C13H14N2O2/c1-14-6-13-11-4-2-3-10(12(11)8-16-13)9-5-15-17-7-9/h2-5,7,13-14H,6,8H2,1H3/t13-/m0/s1. The first-order valence-electron chi connectivity index (χ1n) is 5.68. The molecule has 1 aromatic carbocycles. The average Bonchev–Trinajstić information content (AvgIpc) is 2.98. The van der Waals surface area contributed by atoms with Gasteiger partial charge in [-0.05, 0) is 23.7 Å². The van der Waals surface area contributed by atoms with Gasteiger partial charge in [0.2, 0.25) is 0 Å². The second-order valence-corrected chi connectivity index (χ2v) is 4.14. The summed E-state index contributed by atoms with van der Waals surface area (Å²) in [5.41, 5.74) is 4.67. The molecule has 1 atom stereocenters. The van der Waals surface area contributed by atoms with Gasteiger partial charge in [-0.1, -0.05) is 23.4 Å². The molecule has 88 valence electrons. The number of fused-ring (bicyclic) bond motifs is 1. The van der Waals surface area contributed by atoms with E-state index in [2.05, 4.69) is 28.7 Å². The second kappa shape index (κ2) is 4.31. The summed E-state index contributed by atoms with van der Waals surface area (Å²) in [6.45, 7) is 1.49. The predicted molar refractivity (Wildman–Crippen MR) is 63.4 cm³/mol. The lowest BCUT2D eigenvalue weighted by Gasteiger charge is -2.10. The van der Waals surface area contributed by atoms with Crippen molar-refractivity contribution in [3.63, 3.8) is 0 Å². The lowest BCUT2D eigenvalue weighted by molar-refractivity contribution is 0.0675. The quantitative estimate of drug-likeness (QED) is 0.877. The van der Waals surface area contributed by atoms with E-state index in [0.29, 0.717) is 6.61 Å². The fraction of sp³-hybridized carbons (Fsp3) is 0.308. The van der Waals surface area contributed by atoms with Crippen LogP contribution in [0.5, 0.6) is 0 Å². The molecule has 4 nitrogen and oxygen atoms in total. The van der Waals surface area contributed by atoms with Crippen molar-refractivity contribution in [2.45, 2.75) is 12.7 Å². The topological polar surface area (TPSA) is 47.3 Å². The highest BCUT2D eigenvalue weighted by Gasteiger charge is 2.25. The molecule has 0 radical (unpaired) electrons. The number of nitrogens with zero attached hydrogens (tertiary/aromatic N) is 1. The van der Waals surface area contributed by atoms with Crippen LogP contribution in [0.15, 0.2) is 35.2 Å². The Morgan fingerprint density at radius 2 is 2.41 bits per heavy atom. The molecule has 0 spiro atoms. The number of benzene rings is 1. The van der Waals surface area contributed by atoms with Crippen LogP contribution in [0.2, 0.25) is 0 Å². The zero-order valence-electron chi connectivity index (χ0n) is 9.64. The molecular formula is C13H14N2O2. The van der Waals surface area contributed by atoms with Crippen molar-refractivity contribution in [1.82, 2.24) is 10.5 Å². The molecule has 4 heteroatoms. The van der Waals surface area contributed by atoms with Gasteiger partial charge in [-0.3, -0.25) is 0 Å². The summed E-state index contributed by atoms with van der Waals surface area (Å²) in [6, 6.07) is 6.26. The summed E-state index contributed by atoms with van der Waals surface area (Å²) in [7, 11) is 1.94. The molecule has 0 aliphatic carbocycles. The van der Waals surface area contributed by atoms with Crippen molar-refractivity contribution in [3.8, 4) is 11.1 Å². The molecule has 2 heterocycles. The SMILES string of the molecule is CNC[C@@H]1OCc2c(-c3cnoc3)cccc21. The van der Waals surface area contributed by atoms with Crippen LogP contribution in [-0.2, 0) is 11.3 Å². The number of hydrogen-bond acceptors (Lipinski definition) is 4. The number of hydrogen-bond donors (Lipinski definition) is 1. The summed E-state index contributed by atoms with van der Waals surface area (Å²) in [5.74, 6) is 0. The maximum atomic E-state index is 5.79. The van der Waals surface area contributed by atoms with Gasteiger partial charge < -0.3 is 14.6 Å². The Labute approximate surface area is 99.6 Å². The number of ether oxygens (including phenoxy) is 1. The average molecular weight is 230 g/mol. The van der Waals surface area contributed by atoms with Crippen molar-refractivity contribution in [2.75, 3.05) is 13.6 Å². The lowest BCUT2D eigenvalue weighted by Crippen LogP contribution is -2.16. The van der Waals surface area contributed by atoms with Crippen LogP contribution < -0.4 is 5.32 Å². The fourth-order valence-electron chi connectivity index (χ4n) is 2.30. The van der Waals surface area contributed by atoms with Crippen molar-refractivity contribution < 1.29 is 9.26 Å². The minimum atomic E-state index is 0.148. The van der Waals surface area contributed by atoms with Gasteiger partial charge in [0.1, 0.15) is 6.26 Å².